The number of aromatic nitrogens is 1. The van der Waals surface area contributed by atoms with Gasteiger partial charge in [-0.1, -0.05) is 6.07 Å². The summed E-state index contributed by atoms with van der Waals surface area (Å²) in [4.78, 5) is 10.6. The number of nitrogens with two attached hydrogens (primary N) is 1. The number of aliphatic hydroxyl groups excluding tert-OH is 2. The quantitative estimate of drug-likeness (QED) is 0.305. The van der Waals surface area contributed by atoms with Crippen LogP contribution in [0.2, 0.25) is 0 Å². The van der Waals surface area contributed by atoms with Crippen molar-refractivity contribution in [2.24, 2.45) is 0 Å². The van der Waals surface area contributed by atoms with Gasteiger partial charge in [-0.2, -0.15) is 0 Å². The van der Waals surface area contributed by atoms with Gasteiger partial charge in [0.1, 0.15) is 6.54 Å². The minimum Gasteiger partial charge on any atom is -0.369 e. The lowest BCUT2D eigenvalue weighted by Crippen LogP contribution is -2.44. The van der Waals surface area contributed by atoms with Crippen molar-refractivity contribution < 1.29 is 19.7 Å². The van der Waals surface area contributed by atoms with Gasteiger partial charge in [0.25, 0.3) is 11.5 Å². The first-order valence-corrected chi connectivity index (χ1v) is 6.90. The first-order valence-electron chi connectivity index (χ1n) is 6.90. The molecule has 3 rings (SSSR count). The lowest BCUT2D eigenvalue weighted by atomic mass is 10.1. The molecule has 120 valence electrons. The monoisotopic (exact) mass is 318 g/mol. The average Bonchev–Trinajstić information content (AvgIpc) is 2.51. The Kier molecular flexibility index (Phi) is 3.72. The zero-order chi connectivity index (χ0) is 16.6. The Hall–Kier alpha value is -2.91. The van der Waals surface area contributed by atoms with Crippen molar-refractivity contribution in [2.75, 3.05) is 16.4 Å². The third-order valence-electron chi connectivity index (χ3n) is 3.63. The minimum atomic E-state index is -1.26. The predicted molar refractivity (Wildman–Crippen MR) is 82.5 cm³/mol. The van der Waals surface area contributed by atoms with Gasteiger partial charge in [0, 0.05) is 23.8 Å². The van der Waals surface area contributed by atoms with E-state index in [1.54, 1.807) is 29.0 Å². The Balaban J connectivity index is 2.08. The molecule has 1 aliphatic heterocycles. The standard InChI is InChI=1S/C14H15N5O4/c15-11-3-1-2-4-18(11)7-8-5-9(19(22)23)6-10-12(8)17-14(21)13(20)16-10/h1-6,13-17,20-21H,7H2/p+1. The Morgan fingerprint density at radius 3 is 2.70 bits per heavy atom. The van der Waals surface area contributed by atoms with Gasteiger partial charge in [0.2, 0.25) is 0 Å². The van der Waals surface area contributed by atoms with Crippen molar-refractivity contribution in [1.82, 2.24) is 0 Å². The van der Waals surface area contributed by atoms with Crippen LogP contribution in [0.1, 0.15) is 5.56 Å². The summed E-state index contributed by atoms with van der Waals surface area (Å²) in [6.45, 7) is 0.272. The fourth-order valence-corrected chi connectivity index (χ4v) is 2.48. The number of pyridine rings is 1. The molecular formula is C14H16N5O4+. The summed E-state index contributed by atoms with van der Waals surface area (Å²) >= 11 is 0. The number of hydrogen-bond acceptors (Lipinski definition) is 7. The highest BCUT2D eigenvalue weighted by Gasteiger charge is 2.28. The molecule has 0 saturated heterocycles. The van der Waals surface area contributed by atoms with E-state index in [0.717, 1.165) is 0 Å². The van der Waals surface area contributed by atoms with Gasteiger partial charge in [-0.25, -0.2) is 4.57 Å². The molecule has 0 radical (unpaired) electrons. The van der Waals surface area contributed by atoms with Crippen LogP contribution in [0, 0.1) is 10.1 Å². The number of hydrogen-bond donors (Lipinski definition) is 5. The molecule has 2 aromatic rings. The first-order chi connectivity index (χ1) is 11.0. The number of rotatable bonds is 3. The Bertz CT molecular complexity index is 767. The molecule has 0 saturated carbocycles. The van der Waals surface area contributed by atoms with Crippen LogP contribution in [0.25, 0.3) is 0 Å². The van der Waals surface area contributed by atoms with E-state index in [1.165, 1.54) is 12.1 Å². The highest BCUT2D eigenvalue weighted by Crippen LogP contribution is 2.35. The Morgan fingerprint density at radius 2 is 2.00 bits per heavy atom. The smallest absolute Gasteiger partial charge is 0.272 e. The fourth-order valence-electron chi connectivity index (χ4n) is 2.48. The molecule has 2 unspecified atom stereocenters. The second-order valence-corrected chi connectivity index (χ2v) is 5.22. The predicted octanol–water partition coefficient (Wildman–Crippen LogP) is -0.0130. The number of nitro groups is 1. The van der Waals surface area contributed by atoms with Crippen LogP contribution >= 0.6 is 0 Å². The van der Waals surface area contributed by atoms with Gasteiger partial charge >= 0.3 is 0 Å². The normalized spacial score (nSPS) is 19.4. The van der Waals surface area contributed by atoms with Crippen molar-refractivity contribution >= 4 is 22.9 Å². The number of benzene rings is 1. The van der Waals surface area contributed by atoms with Gasteiger partial charge in [-0.05, 0) is 6.07 Å². The van der Waals surface area contributed by atoms with E-state index in [9.17, 15) is 20.3 Å². The van der Waals surface area contributed by atoms with Crippen LogP contribution < -0.4 is 20.9 Å². The maximum atomic E-state index is 11.1. The van der Waals surface area contributed by atoms with Crippen molar-refractivity contribution in [3.63, 3.8) is 0 Å². The van der Waals surface area contributed by atoms with E-state index in [-0.39, 0.29) is 12.2 Å². The molecule has 2 heterocycles. The van der Waals surface area contributed by atoms with Gasteiger partial charge in [-0.3, -0.25) is 15.8 Å². The molecular weight excluding hydrogens is 302 g/mol. The SMILES string of the molecule is Nc1cccc[n+]1Cc1cc([N+](=O)[O-])cc2c1NC(O)C(O)N2. The summed E-state index contributed by atoms with van der Waals surface area (Å²) in [5.74, 6) is 0.497. The van der Waals surface area contributed by atoms with E-state index in [0.29, 0.717) is 22.8 Å². The number of nitro benzene ring substituents is 1. The molecule has 0 amide bonds. The highest BCUT2D eigenvalue weighted by atomic mass is 16.6. The van der Waals surface area contributed by atoms with E-state index < -0.39 is 17.4 Å². The fraction of sp³-hybridized carbons (Fsp3) is 0.214. The molecule has 9 heteroatoms. The van der Waals surface area contributed by atoms with E-state index in [1.807, 2.05) is 0 Å². The van der Waals surface area contributed by atoms with Crippen molar-refractivity contribution in [1.29, 1.82) is 0 Å². The maximum Gasteiger partial charge on any atom is 0.272 e. The summed E-state index contributed by atoms with van der Waals surface area (Å²) in [5.41, 5.74) is 7.18. The number of nitrogens with one attached hydrogen (secondary N) is 2. The molecule has 2 atom stereocenters. The summed E-state index contributed by atoms with van der Waals surface area (Å²) in [5, 5.41) is 35.9. The zero-order valence-corrected chi connectivity index (χ0v) is 12.0. The van der Waals surface area contributed by atoms with E-state index in [2.05, 4.69) is 10.6 Å². The lowest BCUT2D eigenvalue weighted by molar-refractivity contribution is -0.673. The molecule has 0 spiro atoms. The molecule has 1 aromatic carbocycles. The minimum absolute atomic E-state index is 0.119. The van der Waals surface area contributed by atoms with Crippen molar-refractivity contribution in [3.05, 3.63) is 52.2 Å². The molecule has 1 aliphatic rings. The highest BCUT2D eigenvalue weighted by molar-refractivity contribution is 5.77. The average molecular weight is 318 g/mol. The van der Waals surface area contributed by atoms with Crippen LogP contribution in [-0.4, -0.2) is 27.6 Å². The van der Waals surface area contributed by atoms with Crippen molar-refractivity contribution in [2.45, 2.75) is 19.0 Å². The van der Waals surface area contributed by atoms with Gasteiger partial charge in [0.15, 0.2) is 12.5 Å². The molecule has 0 aliphatic carbocycles. The van der Waals surface area contributed by atoms with Gasteiger partial charge in [0.05, 0.1) is 22.5 Å². The van der Waals surface area contributed by atoms with Gasteiger partial charge < -0.3 is 20.8 Å². The molecule has 0 fully saturated rings. The summed E-state index contributed by atoms with van der Waals surface area (Å²) in [6.07, 6.45) is -0.727. The second kappa shape index (κ2) is 5.71. The molecule has 23 heavy (non-hydrogen) atoms. The van der Waals surface area contributed by atoms with Crippen LogP contribution in [0.15, 0.2) is 36.5 Å². The number of non-ortho nitro benzene ring substituents is 1. The largest absolute Gasteiger partial charge is 0.369 e. The number of aliphatic hydroxyl groups is 2. The molecule has 9 nitrogen and oxygen atoms in total. The first kappa shape index (κ1) is 15.0. The lowest BCUT2D eigenvalue weighted by Gasteiger charge is -2.30. The van der Waals surface area contributed by atoms with Crippen LogP contribution in [0.4, 0.5) is 22.9 Å². The molecule has 6 N–H and O–H groups in total. The molecule has 0 bridgehead atoms. The third kappa shape index (κ3) is 2.87. The number of nitrogens with zero attached hydrogens (tertiary/aromatic N) is 2. The van der Waals surface area contributed by atoms with Crippen LogP contribution in [0.5, 0.6) is 0 Å². The van der Waals surface area contributed by atoms with Crippen molar-refractivity contribution in [3.8, 4) is 0 Å². The summed E-state index contributed by atoms with van der Waals surface area (Å²) in [7, 11) is 0. The van der Waals surface area contributed by atoms with Gasteiger partial charge in [-0.15, -0.1) is 0 Å². The Labute approximate surface area is 131 Å². The summed E-state index contributed by atoms with van der Waals surface area (Å²) in [6, 6.07) is 8.02. The maximum absolute atomic E-state index is 11.1. The topological polar surface area (TPSA) is 138 Å². The van der Waals surface area contributed by atoms with Crippen LogP contribution in [0.3, 0.4) is 0 Å². The zero-order valence-electron chi connectivity index (χ0n) is 12.0. The molecule has 1 aromatic heterocycles. The number of nitrogen functional groups attached to an aromatic ring is 1. The summed E-state index contributed by atoms with van der Waals surface area (Å²) < 4.78 is 1.72. The number of fused-ring (bicyclic) bond motifs is 1. The van der Waals surface area contributed by atoms with Crippen LogP contribution in [-0.2, 0) is 6.54 Å². The third-order valence-corrected chi connectivity index (χ3v) is 3.63. The Morgan fingerprint density at radius 1 is 1.26 bits per heavy atom. The van der Waals surface area contributed by atoms with E-state index >= 15 is 0 Å². The van der Waals surface area contributed by atoms with E-state index in [4.69, 9.17) is 5.73 Å². The number of anilines is 3. The second-order valence-electron chi connectivity index (χ2n) is 5.22.